The Bertz CT molecular complexity index is 1220. The number of hydrazine groups is 1. The highest BCUT2D eigenvalue weighted by Gasteiger charge is 2.19. The maximum absolute atomic E-state index is 12.4. The van der Waals surface area contributed by atoms with Gasteiger partial charge < -0.3 is 15.4 Å². The van der Waals surface area contributed by atoms with Gasteiger partial charge in [-0.25, -0.2) is 4.79 Å². The van der Waals surface area contributed by atoms with Gasteiger partial charge in [0.15, 0.2) is 5.11 Å². The summed E-state index contributed by atoms with van der Waals surface area (Å²) in [7, 11) is 0. The van der Waals surface area contributed by atoms with E-state index in [1.165, 1.54) is 11.3 Å². The Morgan fingerprint density at radius 3 is 2.34 bits per heavy atom. The van der Waals surface area contributed by atoms with E-state index in [0.29, 0.717) is 21.3 Å². The molecule has 0 atom stereocenters. The van der Waals surface area contributed by atoms with Crippen LogP contribution in [0.2, 0.25) is 5.02 Å². The zero-order valence-electron chi connectivity index (χ0n) is 18.7. The number of ether oxygens (including phenoxy) is 1. The topological polar surface area (TPSA) is 109 Å². The number of carbonyl (C=O) groups excluding carboxylic acids is 3. The molecular formula is C24H23ClN4O4S2. The van der Waals surface area contributed by atoms with Crippen LogP contribution in [0, 0.1) is 0 Å². The van der Waals surface area contributed by atoms with Crippen molar-refractivity contribution in [2.24, 2.45) is 0 Å². The summed E-state index contributed by atoms with van der Waals surface area (Å²) in [4.78, 5) is 37.5. The van der Waals surface area contributed by atoms with Gasteiger partial charge in [-0.15, -0.1) is 11.3 Å². The molecule has 1 heterocycles. The van der Waals surface area contributed by atoms with E-state index in [1.807, 2.05) is 30.3 Å². The van der Waals surface area contributed by atoms with Gasteiger partial charge in [0.05, 0.1) is 22.9 Å². The van der Waals surface area contributed by atoms with E-state index in [0.717, 1.165) is 10.4 Å². The van der Waals surface area contributed by atoms with Crippen LogP contribution >= 0.6 is 35.2 Å². The predicted octanol–water partition coefficient (Wildman–Crippen LogP) is 4.98. The van der Waals surface area contributed by atoms with Gasteiger partial charge in [-0.1, -0.05) is 54.1 Å². The van der Waals surface area contributed by atoms with E-state index in [-0.39, 0.29) is 30.5 Å². The number of esters is 1. The van der Waals surface area contributed by atoms with Crippen molar-refractivity contribution >= 4 is 68.7 Å². The van der Waals surface area contributed by atoms with E-state index in [2.05, 4.69) is 21.5 Å². The van der Waals surface area contributed by atoms with E-state index in [4.69, 9.17) is 28.6 Å². The molecule has 2 amide bonds. The molecule has 4 N–H and O–H groups in total. The third-order valence-electron chi connectivity index (χ3n) is 4.56. The first-order valence-electron chi connectivity index (χ1n) is 10.6. The Hall–Kier alpha value is -3.47. The molecule has 0 unspecified atom stereocenters. The van der Waals surface area contributed by atoms with Crippen LogP contribution in [0.15, 0.2) is 60.7 Å². The van der Waals surface area contributed by atoms with E-state index >= 15 is 0 Å². The van der Waals surface area contributed by atoms with Gasteiger partial charge in [-0.05, 0) is 42.9 Å². The molecule has 35 heavy (non-hydrogen) atoms. The molecule has 0 saturated carbocycles. The lowest BCUT2D eigenvalue weighted by Crippen LogP contribution is -2.43. The number of hydrogen-bond acceptors (Lipinski definition) is 6. The molecule has 2 aromatic carbocycles. The van der Waals surface area contributed by atoms with Gasteiger partial charge in [0, 0.05) is 17.7 Å². The zero-order chi connectivity index (χ0) is 25.2. The zero-order valence-corrected chi connectivity index (χ0v) is 21.1. The van der Waals surface area contributed by atoms with Crippen molar-refractivity contribution in [3.05, 3.63) is 71.2 Å². The number of para-hydroxylation sites is 1. The van der Waals surface area contributed by atoms with Crippen LogP contribution in [0.1, 0.15) is 30.1 Å². The Balaban J connectivity index is 1.53. The molecule has 0 saturated heterocycles. The van der Waals surface area contributed by atoms with Crippen LogP contribution in [-0.4, -0.2) is 29.5 Å². The summed E-state index contributed by atoms with van der Waals surface area (Å²) in [6, 6.07) is 18.1. The summed E-state index contributed by atoms with van der Waals surface area (Å²) >= 11 is 12.6. The summed E-state index contributed by atoms with van der Waals surface area (Å²) in [6.07, 6.45) is -0.117. The second-order valence-corrected chi connectivity index (χ2v) is 8.96. The molecule has 3 aromatic rings. The monoisotopic (exact) mass is 530 g/mol. The first-order valence-corrected chi connectivity index (χ1v) is 12.2. The minimum atomic E-state index is -0.482. The lowest BCUT2D eigenvalue weighted by molar-refractivity contribution is -0.124. The number of thiocarbonyl (C=S) groups is 1. The second-order valence-electron chi connectivity index (χ2n) is 7.10. The fraction of sp³-hybridized carbons (Fsp3) is 0.167. The van der Waals surface area contributed by atoms with Gasteiger partial charge >= 0.3 is 5.97 Å². The number of halogens is 1. The number of nitrogens with one attached hydrogen (secondary N) is 4. The van der Waals surface area contributed by atoms with Crippen molar-refractivity contribution in [2.75, 3.05) is 17.2 Å². The van der Waals surface area contributed by atoms with Crippen LogP contribution < -0.4 is 21.5 Å². The molecule has 0 aliphatic carbocycles. The molecule has 0 bridgehead atoms. The average Bonchev–Trinajstić information content (AvgIpc) is 3.27. The van der Waals surface area contributed by atoms with Gasteiger partial charge in [0.1, 0.15) is 5.00 Å². The molecule has 1 aromatic heterocycles. The Morgan fingerprint density at radius 2 is 1.63 bits per heavy atom. The van der Waals surface area contributed by atoms with E-state index in [9.17, 15) is 14.4 Å². The third kappa shape index (κ3) is 7.78. The predicted molar refractivity (Wildman–Crippen MR) is 143 cm³/mol. The summed E-state index contributed by atoms with van der Waals surface area (Å²) in [5.41, 5.74) is 6.78. The fourth-order valence-corrected chi connectivity index (χ4v) is 4.37. The lowest BCUT2D eigenvalue weighted by Gasteiger charge is -2.12. The Labute approximate surface area is 217 Å². The number of amides is 2. The van der Waals surface area contributed by atoms with E-state index < -0.39 is 11.9 Å². The van der Waals surface area contributed by atoms with Crippen LogP contribution in [0.3, 0.4) is 0 Å². The highest BCUT2D eigenvalue weighted by molar-refractivity contribution is 7.80. The maximum atomic E-state index is 12.4. The average molecular weight is 531 g/mol. The largest absolute Gasteiger partial charge is 0.462 e. The molecule has 0 aliphatic heterocycles. The van der Waals surface area contributed by atoms with Crippen LogP contribution in [0.4, 0.5) is 10.7 Å². The number of rotatable bonds is 8. The minimum Gasteiger partial charge on any atom is -0.462 e. The second kappa shape index (κ2) is 12.8. The third-order valence-corrected chi connectivity index (χ3v) is 6.19. The van der Waals surface area contributed by atoms with Gasteiger partial charge in [0.2, 0.25) is 11.8 Å². The molecular weight excluding hydrogens is 508 g/mol. The van der Waals surface area contributed by atoms with Crippen molar-refractivity contribution in [3.63, 3.8) is 0 Å². The highest BCUT2D eigenvalue weighted by Crippen LogP contribution is 2.35. The van der Waals surface area contributed by atoms with Crippen LogP contribution in [0.5, 0.6) is 0 Å². The Kier molecular flexibility index (Phi) is 9.59. The summed E-state index contributed by atoms with van der Waals surface area (Å²) < 4.78 is 5.15. The molecule has 3 rings (SSSR count). The van der Waals surface area contributed by atoms with Crippen LogP contribution in [0.25, 0.3) is 10.4 Å². The number of hydrogen-bond donors (Lipinski definition) is 4. The molecule has 0 radical (unpaired) electrons. The maximum Gasteiger partial charge on any atom is 0.341 e. The number of carbonyl (C=O) groups is 3. The number of thiophene rings is 1. The molecule has 0 fully saturated rings. The van der Waals surface area contributed by atoms with Crippen molar-refractivity contribution in [1.82, 2.24) is 10.9 Å². The van der Waals surface area contributed by atoms with Crippen molar-refractivity contribution in [1.29, 1.82) is 0 Å². The van der Waals surface area contributed by atoms with Gasteiger partial charge in [0.25, 0.3) is 0 Å². The molecule has 11 heteroatoms. The molecule has 0 spiro atoms. The normalized spacial score (nSPS) is 10.2. The fourth-order valence-electron chi connectivity index (χ4n) is 2.91. The van der Waals surface area contributed by atoms with Crippen molar-refractivity contribution in [3.8, 4) is 10.4 Å². The summed E-state index contributed by atoms with van der Waals surface area (Å²) in [5.74, 6) is -1.27. The molecule has 0 aliphatic rings. The highest BCUT2D eigenvalue weighted by atomic mass is 35.5. The molecule has 182 valence electrons. The standard InChI is InChI=1S/C24H23ClN4O4S2/c1-2-33-23(32)16-14-19(15-8-4-3-5-9-15)35-22(16)27-24(34)29-28-21(31)13-12-20(30)26-18-11-7-6-10-17(18)25/h3-11,14H,2,12-13H2,1H3,(H,26,30)(H,28,31)(H2,27,29,34). The molecule has 8 nitrogen and oxygen atoms in total. The van der Waals surface area contributed by atoms with Crippen molar-refractivity contribution < 1.29 is 19.1 Å². The first-order chi connectivity index (χ1) is 16.9. The number of benzene rings is 2. The van der Waals surface area contributed by atoms with Gasteiger partial charge in [-0.3, -0.25) is 20.4 Å². The van der Waals surface area contributed by atoms with E-state index in [1.54, 1.807) is 37.3 Å². The quantitative estimate of drug-likeness (QED) is 0.185. The van der Waals surface area contributed by atoms with Gasteiger partial charge in [-0.2, -0.15) is 0 Å². The first kappa shape index (κ1) is 26.1. The SMILES string of the molecule is CCOC(=O)c1cc(-c2ccccc2)sc1NC(=S)NNC(=O)CCC(=O)Nc1ccccc1Cl. The number of anilines is 2. The van der Waals surface area contributed by atoms with Crippen LogP contribution in [-0.2, 0) is 14.3 Å². The lowest BCUT2D eigenvalue weighted by atomic mass is 10.1. The summed E-state index contributed by atoms with van der Waals surface area (Å²) in [5, 5.41) is 6.55. The smallest absolute Gasteiger partial charge is 0.341 e. The summed E-state index contributed by atoms with van der Waals surface area (Å²) in [6.45, 7) is 1.96. The van der Waals surface area contributed by atoms with Crippen molar-refractivity contribution in [2.45, 2.75) is 19.8 Å². The minimum absolute atomic E-state index is 0.0444. The Morgan fingerprint density at radius 1 is 0.943 bits per heavy atom.